The number of sulfonamides is 1. The molecule has 0 saturated heterocycles. The third-order valence-electron chi connectivity index (χ3n) is 2.81. The molecule has 2 rings (SSSR count). The lowest BCUT2D eigenvalue weighted by Gasteiger charge is -2.09. The molecule has 0 aliphatic rings. The number of aryl methyl sites for hydroxylation is 1. The van der Waals surface area contributed by atoms with Crippen molar-refractivity contribution in [2.45, 2.75) is 18.2 Å². The van der Waals surface area contributed by atoms with Crippen molar-refractivity contribution < 1.29 is 12.9 Å². The summed E-state index contributed by atoms with van der Waals surface area (Å²) in [6.45, 7) is 2.32. The van der Waals surface area contributed by atoms with Crippen LogP contribution >= 0.6 is 0 Å². The summed E-state index contributed by atoms with van der Waals surface area (Å²) >= 11 is 0. The quantitative estimate of drug-likeness (QED) is 0.664. The highest BCUT2D eigenvalue weighted by Crippen LogP contribution is 2.22. The van der Waals surface area contributed by atoms with Crippen LogP contribution in [0.1, 0.15) is 11.7 Å². The summed E-state index contributed by atoms with van der Waals surface area (Å²) in [5.41, 5.74) is 6.67. The summed E-state index contributed by atoms with van der Waals surface area (Å²) in [6, 6.07) is 4.68. The molecule has 1 aromatic heterocycles. The van der Waals surface area contributed by atoms with E-state index in [1.807, 2.05) is 0 Å². The smallest absolute Gasteiger partial charge is 0.242 e. The average Bonchev–Trinajstić information content (AvgIpc) is 2.84. The SMILES string of the molecule is CNS(=O)(=O)c1ccc(NCCc2nc(C)no2)cc1N. The molecule has 114 valence electrons. The van der Waals surface area contributed by atoms with E-state index in [1.54, 1.807) is 19.1 Å². The maximum absolute atomic E-state index is 11.7. The zero-order valence-electron chi connectivity index (χ0n) is 11.8. The molecule has 1 aromatic carbocycles. The molecule has 0 fully saturated rings. The molecule has 1 heterocycles. The molecule has 2 aromatic rings. The van der Waals surface area contributed by atoms with Crippen molar-refractivity contribution >= 4 is 21.4 Å². The lowest BCUT2D eigenvalue weighted by molar-refractivity contribution is 0.377. The van der Waals surface area contributed by atoms with Crippen LogP contribution in [0.4, 0.5) is 11.4 Å². The molecule has 21 heavy (non-hydrogen) atoms. The number of nitrogens with two attached hydrogens (primary N) is 1. The lowest BCUT2D eigenvalue weighted by atomic mass is 10.2. The summed E-state index contributed by atoms with van der Waals surface area (Å²) in [5.74, 6) is 1.14. The second kappa shape index (κ2) is 6.10. The molecule has 0 unspecified atom stereocenters. The Morgan fingerprint density at radius 1 is 1.38 bits per heavy atom. The van der Waals surface area contributed by atoms with E-state index in [1.165, 1.54) is 13.1 Å². The van der Waals surface area contributed by atoms with Crippen molar-refractivity contribution in [2.24, 2.45) is 0 Å². The van der Waals surface area contributed by atoms with Crippen molar-refractivity contribution in [1.82, 2.24) is 14.9 Å². The van der Waals surface area contributed by atoms with E-state index < -0.39 is 10.0 Å². The fraction of sp³-hybridized carbons (Fsp3) is 0.333. The highest BCUT2D eigenvalue weighted by atomic mass is 32.2. The number of aromatic nitrogens is 2. The van der Waals surface area contributed by atoms with Gasteiger partial charge in [0.15, 0.2) is 5.82 Å². The molecule has 0 saturated carbocycles. The van der Waals surface area contributed by atoms with Crippen LogP contribution in [-0.2, 0) is 16.4 Å². The molecule has 0 aliphatic carbocycles. The van der Waals surface area contributed by atoms with E-state index >= 15 is 0 Å². The van der Waals surface area contributed by atoms with Crippen LogP contribution in [0.2, 0.25) is 0 Å². The van der Waals surface area contributed by atoms with Crippen LogP contribution in [0.5, 0.6) is 0 Å². The van der Waals surface area contributed by atoms with Crippen LogP contribution in [0.3, 0.4) is 0 Å². The van der Waals surface area contributed by atoms with E-state index in [9.17, 15) is 8.42 Å². The Morgan fingerprint density at radius 3 is 2.71 bits per heavy atom. The molecular formula is C12H17N5O3S. The number of nitrogen functional groups attached to an aromatic ring is 1. The Balaban J connectivity index is 2.00. The maximum atomic E-state index is 11.7. The van der Waals surface area contributed by atoms with E-state index in [-0.39, 0.29) is 10.6 Å². The highest BCUT2D eigenvalue weighted by molar-refractivity contribution is 7.89. The Labute approximate surface area is 122 Å². The molecule has 0 amide bonds. The van der Waals surface area contributed by atoms with Crippen molar-refractivity contribution in [3.05, 3.63) is 29.9 Å². The monoisotopic (exact) mass is 311 g/mol. The summed E-state index contributed by atoms with van der Waals surface area (Å²) in [4.78, 5) is 4.15. The van der Waals surface area contributed by atoms with Gasteiger partial charge in [-0.15, -0.1) is 0 Å². The Morgan fingerprint density at radius 2 is 2.14 bits per heavy atom. The number of nitrogens with zero attached hydrogens (tertiary/aromatic N) is 2. The van der Waals surface area contributed by atoms with Gasteiger partial charge in [0.2, 0.25) is 15.9 Å². The molecule has 0 bridgehead atoms. The summed E-state index contributed by atoms with van der Waals surface area (Å²) in [7, 11) is -2.20. The van der Waals surface area contributed by atoms with Crippen LogP contribution < -0.4 is 15.8 Å². The summed E-state index contributed by atoms with van der Waals surface area (Å²) in [6.07, 6.45) is 0.567. The maximum Gasteiger partial charge on any atom is 0.242 e. The minimum absolute atomic E-state index is 0.0584. The van der Waals surface area contributed by atoms with E-state index in [0.717, 1.165) is 5.69 Å². The average molecular weight is 311 g/mol. The zero-order valence-corrected chi connectivity index (χ0v) is 12.6. The van der Waals surface area contributed by atoms with Crippen molar-refractivity contribution in [2.75, 3.05) is 24.6 Å². The lowest BCUT2D eigenvalue weighted by Crippen LogP contribution is -2.20. The van der Waals surface area contributed by atoms with Gasteiger partial charge < -0.3 is 15.6 Å². The summed E-state index contributed by atoms with van der Waals surface area (Å²) in [5, 5.41) is 6.81. The fourth-order valence-corrected chi connectivity index (χ4v) is 2.60. The van der Waals surface area contributed by atoms with Gasteiger partial charge in [0.1, 0.15) is 4.90 Å². The second-order valence-electron chi connectivity index (χ2n) is 4.37. The van der Waals surface area contributed by atoms with Gasteiger partial charge in [-0.3, -0.25) is 0 Å². The predicted octanol–water partition coefficient (Wildman–Crippen LogP) is 0.523. The first-order valence-corrected chi connectivity index (χ1v) is 7.77. The molecular weight excluding hydrogens is 294 g/mol. The molecule has 8 nitrogen and oxygen atoms in total. The van der Waals surface area contributed by atoms with Crippen LogP contribution in [-0.4, -0.2) is 32.2 Å². The summed E-state index contributed by atoms with van der Waals surface area (Å²) < 4.78 is 30.6. The first-order chi connectivity index (χ1) is 9.92. The Hall–Kier alpha value is -2.13. The highest BCUT2D eigenvalue weighted by Gasteiger charge is 2.15. The van der Waals surface area contributed by atoms with Crippen molar-refractivity contribution in [3.63, 3.8) is 0 Å². The molecule has 0 spiro atoms. The van der Waals surface area contributed by atoms with Gasteiger partial charge in [0, 0.05) is 18.7 Å². The number of anilines is 2. The molecule has 4 N–H and O–H groups in total. The van der Waals surface area contributed by atoms with E-state index in [0.29, 0.717) is 24.7 Å². The number of hydrogen-bond donors (Lipinski definition) is 3. The first-order valence-electron chi connectivity index (χ1n) is 6.28. The van der Waals surface area contributed by atoms with Gasteiger partial charge in [-0.05, 0) is 32.2 Å². The van der Waals surface area contributed by atoms with Crippen molar-refractivity contribution in [1.29, 1.82) is 0 Å². The Bertz CT molecular complexity index is 726. The second-order valence-corrected chi connectivity index (χ2v) is 6.23. The normalized spacial score (nSPS) is 11.5. The van der Waals surface area contributed by atoms with E-state index in [4.69, 9.17) is 10.3 Å². The fourth-order valence-electron chi connectivity index (χ4n) is 1.77. The molecule has 0 radical (unpaired) electrons. The van der Waals surface area contributed by atoms with E-state index in [2.05, 4.69) is 20.2 Å². The minimum atomic E-state index is -3.54. The first kappa shape index (κ1) is 15.3. The Kier molecular flexibility index (Phi) is 4.43. The van der Waals surface area contributed by atoms with Crippen LogP contribution in [0, 0.1) is 6.92 Å². The van der Waals surface area contributed by atoms with Crippen LogP contribution in [0.25, 0.3) is 0 Å². The minimum Gasteiger partial charge on any atom is -0.398 e. The van der Waals surface area contributed by atoms with Gasteiger partial charge in [-0.25, -0.2) is 13.1 Å². The number of nitrogens with one attached hydrogen (secondary N) is 2. The van der Waals surface area contributed by atoms with Gasteiger partial charge in [0.05, 0.1) is 5.69 Å². The molecule has 9 heteroatoms. The van der Waals surface area contributed by atoms with Gasteiger partial charge in [0.25, 0.3) is 0 Å². The third kappa shape index (κ3) is 3.70. The number of hydrogen-bond acceptors (Lipinski definition) is 7. The van der Waals surface area contributed by atoms with Crippen molar-refractivity contribution in [3.8, 4) is 0 Å². The number of benzene rings is 1. The third-order valence-corrected chi connectivity index (χ3v) is 4.29. The zero-order chi connectivity index (χ0) is 15.5. The standard InChI is InChI=1S/C12H17N5O3S/c1-8-16-12(20-17-8)5-6-15-9-3-4-11(10(13)7-9)21(18,19)14-2/h3-4,7,14-15H,5-6,13H2,1-2H3. The number of rotatable bonds is 6. The topological polar surface area (TPSA) is 123 Å². The van der Waals surface area contributed by atoms with Gasteiger partial charge in [-0.2, -0.15) is 4.98 Å². The largest absolute Gasteiger partial charge is 0.398 e. The van der Waals surface area contributed by atoms with Gasteiger partial charge >= 0.3 is 0 Å². The predicted molar refractivity (Wildman–Crippen MR) is 78.3 cm³/mol. The molecule has 0 atom stereocenters. The van der Waals surface area contributed by atoms with Gasteiger partial charge in [-0.1, -0.05) is 5.16 Å². The van der Waals surface area contributed by atoms with Crippen LogP contribution in [0.15, 0.2) is 27.6 Å². The molecule has 0 aliphatic heterocycles.